The predicted octanol–water partition coefficient (Wildman–Crippen LogP) is 2.07. The predicted molar refractivity (Wildman–Crippen MR) is 43.6 cm³/mol. The molecular formula is C6H10Cl2NO. The Labute approximate surface area is 71.9 Å². The highest BCUT2D eigenvalue weighted by Gasteiger charge is 2.12. The molecule has 0 aromatic carbocycles. The van der Waals surface area contributed by atoms with Crippen LogP contribution in [0.1, 0.15) is 12.8 Å². The highest BCUT2D eigenvalue weighted by molar-refractivity contribution is 6.62. The largest absolute Gasteiger partial charge is 0.329 e. The number of hydrogen-bond acceptors (Lipinski definition) is 1. The molecule has 0 unspecified atom stereocenters. The normalized spacial score (nSPS) is 17.9. The average molecular weight is 183 g/mol. The Morgan fingerprint density at radius 1 is 1.40 bits per heavy atom. The van der Waals surface area contributed by atoms with E-state index in [1.54, 1.807) is 4.90 Å². The van der Waals surface area contributed by atoms with Gasteiger partial charge >= 0.3 is 5.37 Å². The van der Waals surface area contributed by atoms with Gasteiger partial charge in [-0.3, -0.25) is 4.79 Å². The van der Waals surface area contributed by atoms with Gasteiger partial charge in [-0.15, -0.1) is 12.4 Å². The van der Waals surface area contributed by atoms with Crippen LogP contribution in [0.25, 0.3) is 0 Å². The van der Waals surface area contributed by atoms with Gasteiger partial charge < -0.3 is 4.90 Å². The van der Waals surface area contributed by atoms with Crippen LogP contribution in [0, 0.1) is 6.42 Å². The summed E-state index contributed by atoms with van der Waals surface area (Å²) in [5.41, 5.74) is 0. The number of hydrogen-bond donors (Lipinski definition) is 0. The molecule has 0 bridgehead atoms. The van der Waals surface area contributed by atoms with Crippen molar-refractivity contribution in [3.63, 3.8) is 0 Å². The summed E-state index contributed by atoms with van der Waals surface area (Å²) < 4.78 is 0. The van der Waals surface area contributed by atoms with Crippen molar-refractivity contribution in [3.05, 3.63) is 6.42 Å². The van der Waals surface area contributed by atoms with Crippen molar-refractivity contribution >= 4 is 29.4 Å². The van der Waals surface area contributed by atoms with E-state index >= 15 is 0 Å². The van der Waals surface area contributed by atoms with E-state index < -0.39 is 0 Å². The lowest BCUT2D eigenvalue weighted by atomic mass is 10.1. The Morgan fingerprint density at radius 2 is 1.90 bits per heavy atom. The fraction of sp³-hybridized carbons (Fsp3) is 0.667. The van der Waals surface area contributed by atoms with Gasteiger partial charge in [0, 0.05) is 13.1 Å². The molecule has 1 aliphatic rings. The summed E-state index contributed by atoms with van der Waals surface area (Å²) in [6, 6.07) is 0. The molecule has 4 heteroatoms. The maximum absolute atomic E-state index is 10.5. The number of carbonyl (C=O) groups excluding carboxylic acids is 1. The van der Waals surface area contributed by atoms with Gasteiger partial charge in [-0.2, -0.15) is 0 Å². The second-order valence-corrected chi connectivity index (χ2v) is 2.43. The SMILES string of the molecule is Cl.O=C(Cl)N1CC[CH]CC1. The lowest BCUT2D eigenvalue weighted by Gasteiger charge is -2.23. The van der Waals surface area contributed by atoms with E-state index in [0.29, 0.717) is 0 Å². The Morgan fingerprint density at radius 3 is 2.20 bits per heavy atom. The molecule has 1 amide bonds. The fourth-order valence-electron chi connectivity index (χ4n) is 0.926. The number of carbonyl (C=O) groups is 1. The van der Waals surface area contributed by atoms with E-state index in [4.69, 9.17) is 11.6 Å². The zero-order chi connectivity index (χ0) is 6.69. The smallest absolute Gasteiger partial charge is 0.316 e. The maximum atomic E-state index is 10.5. The van der Waals surface area contributed by atoms with Gasteiger partial charge in [0.2, 0.25) is 0 Å². The molecule has 0 aromatic heterocycles. The van der Waals surface area contributed by atoms with E-state index in [9.17, 15) is 4.79 Å². The minimum absolute atomic E-state index is 0. The summed E-state index contributed by atoms with van der Waals surface area (Å²) in [5, 5.41) is -0.317. The molecular weight excluding hydrogens is 173 g/mol. The van der Waals surface area contributed by atoms with Crippen LogP contribution in [0.2, 0.25) is 0 Å². The number of amides is 1. The Kier molecular flexibility index (Phi) is 4.83. The van der Waals surface area contributed by atoms with Gasteiger partial charge in [-0.05, 0) is 30.9 Å². The molecule has 1 heterocycles. The second kappa shape index (κ2) is 4.80. The van der Waals surface area contributed by atoms with Gasteiger partial charge in [-0.1, -0.05) is 0 Å². The first-order valence-electron chi connectivity index (χ1n) is 3.07. The van der Waals surface area contributed by atoms with Crippen molar-refractivity contribution in [2.75, 3.05) is 13.1 Å². The summed E-state index contributed by atoms with van der Waals surface area (Å²) in [6.07, 6.45) is 4.15. The van der Waals surface area contributed by atoms with Gasteiger partial charge in [-0.25, -0.2) is 0 Å². The number of piperidine rings is 1. The van der Waals surface area contributed by atoms with Crippen molar-refractivity contribution in [1.82, 2.24) is 4.90 Å². The maximum Gasteiger partial charge on any atom is 0.316 e. The van der Waals surface area contributed by atoms with Crippen molar-refractivity contribution in [1.29, 1.82) is 0 Å². The van der Waals surface area contributed by atoms with Crippen LogP contribution in [-0.2, 0) is 0 Å². The molecule has 1 saturated heterocycles. The molecule has 0 saturated carbocycles. The van der Waals surface area contributed by atoms with Crippen LogP contribution < -0.4 is 0 Å². The Hall–Kier alpha value is 0.0500. The Bertz CT molecular complexity index is 112. The first-order valence-corrected chi connectivity index (χ1v) is 3.44. The lowest BCUT2D eigenvalue weighted by molar-refractivity contribution is 0.217. The van der Waals surface area contributed by atoms with E-state index in [1.807, 2.05) is 0 Å². The first-order chi connectivity index (χ1) is 4.30. The van der Waals surface area contributed by atoms with Gasteiger partial charge in [0.1, 0.15) is 0 Å². The zero-order valence-electron chi connectivity index (χ0n) is 5.55. The second-order valence-electron chi connectivity index (χ2n) is 2.11. The van der Waals surface area contributed by atoms with E-state index in [1.165, 1.54) is 0 Å². The third kappa shape index (κ3) is 2.76. The van der Waals surface area contributed by atoms with Crippen LogP contribution in [0.15, 0.2) is 0 Å². The van der Waals surface area contributed by atoms with Crippen molar-refractivity contribution in [2.24, 2.45) is 0 Å². The minimum atomic E-state index is -0.317. The van der Waals surface area contributed by atoms with E-state index in [2.05, 4.69) is 6.42 Å². The van der Waals surface area contributed by atoms with Crippen molar-refractivity contribution in [3.8, 4) is 0 Å². The van der Waals surface area contributed by atoms with E-state index in [0.717, 1.165) is 25.9 Å². The minimum Gasteiger partial charge on any atom is -0.329 e. The molecule has 2 nitrogen and oxygen atoms in total. The quantitative estimate of drug-likeness (QED) is 0.415. The number of halogens is 2. The van der Waals surface area contributed by atoms with Gasteiger partial charge in [0.05, 0.1) is 0 Å². The molecule has 0 atom stereocenters. The van der Waals surface area contributed by atoms with Gasteiger partial charge in [0.25, 0.3) is 0 Å². The summed E-state index contributed by atoms with van der Waals surface area (Å²) in [6.45, 7) is 1.59. The van der Waals surface area contributed by atoms with Crippen LogP contribution in [0.4, 0.5) is 4.79 Å². The molecule has 0 aliphatic carbocycles. The molecule has 0 aromatic rings. The van der Waals surface area contributed by atoms with Gasteiger partial charge in [0.15, 0.2) is 0 Å². The Balaban J connectivity index is 0.000000810. The summed E-state index contributed by atoms with van der Waals surface area (Å²) >= 11 is 5.23. The molecule has 1 aliphatic heterocycles. The van der Waals surface area contributed by atoms with Crippen LogP contribution in [0.5, 0.6) is 0 Å². The van der Waals surface area contributed by atoms with Crippen LogP contribution in [-0.4, -0.2) is 23.4 Å². The number of nitrogens with zero attached hydrogens (tertiary/aromatic N) is 1. The molecule has 0 spiro atoms. The molecule has 0 N–H and O–H groups in total. The molecule has 1 rings (SSSR count). The third-order valence-corrected chi connectivity index (χ3v) is 1.69. The molecule has 1 radical (unpaired) electrons. The average Bonchev–Trinajstić information content (AvgIpc) is 1.90. The summed E-state index contributed by atoms with van der Waals surface area (Å²) in [7, 11) is 0. The van der Waals surface area contributed by atoms with Crippen LogP contribution in [0.3, 0.4) is 0 Å². The summed E-state index contributed by atoms with van der Waals surface area (Å²) in [4.78, 5) is 12.1. The fourth-order valence-corrected chi connectivity index (χ4v) is 1.10. The monoisotopic (exact) mass is 182 g/mol. The standard InChI is InChI=1S/C6H9ClNO.ClH/c7-6(9)8-4-2-1-3-5-8;/h1H,2-5H2;1H. The van der Waals surface area contributed by atoms with E-state index in [-0.39, 0.29) is 17.8 Å². The third-order valence-electron chi connectivity index (χ3n) is 1.45. The van der Waals surface area contributed by atoms with Crippen molar-refractivity contribution in [2.45, 2.75) is 12.8 Å². The molecule has 1 fully saturated rings. The zero-order valence-corrected chi connectivity index (χ0v) is 7.12. The first kappa shape index (κ1) is 10.0. The van der Waals surface area contributed by atoms with Crippen LogP contribution >= 0.6 is 24.0 Å². The number of rotatable bonds is 0. The lowest BCUT2D eigenvalue weighted by Crippen LogP contribution is -2.31. The topological polar surface area (TPSA) is 20.3 Å². The molecule has 10 heavy (non-hydrogen) atoms. The molecule has 59 valence electrons. The highest BCUT2D eigenvalue weighted by atomic mass is 35.5. The highest BCUT2D eigenvalue weighted by Crippen LogP contribution is 2.09. The van der Waals surface area contributed by atoms with Crippen molar-refractivity contribution < 1.29 is 4.79 Å². The number of likely N-dealkylation sites (tertiary alicyclic amines) is 1. The summed E-state index contributed by atoms with van der Waals surface area (Å²) in [5.74, 6) is 0.